The summed E-state index contributed by atoms with van der Waals surface area (Å²) < 4.78 is 4.79. The molecule has 11 heteroatoms. The van der Waals surface area contributed by atoms with Crippen molar-refractivity contribution in [3.63, 3.8) is 0 Å². The first-order chi connectivity index (χ1) is 26.4. The van der Waals surface area contributed by atoms with Crippen molar-refractivity contribution in [3.05, 3.63) is 83.7 Å². The van der Waals surface area contributed by atoms with E-state index in [1.165, 1.54) is 19.6 Å². The van der Waals surface area contributed by atoms with Crippen LogP contribution in [-0.2, 0) is 19.1 Å². The lowest BCUT2D eigenvalue weighted by atomic mass is 9.94. The van der Waals surface area contributed by atoms with Gasteiger partial charge < -0.3 is 25.2 Å². The number of amides is 4. The molecule has 0 aromatic heterocycles. The molecule has 2 aromatic rings. The minimum Gasteiger partial charge on any atom is -0.453 e. The summed E-state index contributed by atoms with van der Waals surface area (Å²) in [6, 6.07) is 15.5. The lowest BCUT2D eigenvalue weighted by molar-refractivity contribution is -0.137. The Hall–Kier alpha value is -5.32. The Morgan fingerprint density at radius 1 is 0.764 bits per heavy atom. The van der Waals surface area contributed by atoms with Crippen LogP contribution in [0.1, 0.15) is 84.8 Å². The van der Waals surface area contributed by atoms with Gasteiger partial charge >= 0.3 is 6.09 Å². The highest BCUT2D eigenvalue weighted by Crippen LogP contribution is 2.34. The monoisotopic (exact) mass is 746 g/mol. The van der Waals surface area contributed by atoms with E-state index in [1.807, 2.05) is 49.9 Å². The third-order valence-corrected chi connectivity index (χ3v) is 11.1. The number of rotatable bonds is 12. The van der Waals surface area contributed by atoms with Crippen LogP contribution >= 0.6 is 0 Å². The van der Waals surface area contributed by atoms with Crippen LogP contribution in [-0.4, -0.2) is 89.4 Å². The summed E-state index contributed by atoms with van der Waals surface area (Å²) in [4.78, 5) is 64.5. The molecule has 4 amide bonds. The second-order valence-electron chi connectivity index (χ2n) is 15.6. The number of aliphatic imine (C=N–C) groups is 2. The van der Waals surface area contributed by atoms with Gasteiger partial charge in [0.15, 0.2) is 0 Å². The third kappa shape index (κ3) is 8.66. The molecule has 4 aliphatic rings. The van der Waals surface area contributed by atoms with Crippen molar-refractivity contribution in [1.82, 2.24) is 20.4 Å². The van der Waals surface area contributed by atoms with E-state index in [4.69, 9.17) is 14.7 Å². The van der Waals surface area contributed by atoms with Crippen molar-refractivity contribution in [2.24, 2.45) is 21.8 Å². The van der Waals surface area contributed by atoms with E-state index in [0.717, 1.165) is 64.1 Å². The van der Waals surface area contributed by atoms with E-state index in [2.05, 4.69) is 72.2 Å². The van der Waals surface area contributed by atoms with Crippen molar-refractivity contribution in [2.45, 2.75) is 97.8 Å². The number of hydrogen-bond donors (Lipinski definition) is 2. The van der Waals surface area contributed by atoms with E-state index in [1.54, 1.807) is 0 Å². The molecule has 11 nitrogen and oxygen atoms in total. The van der Waals surface area contributed by atoms with Gasteiger partial charge in [0.2, 0.25) is 17.7 Å². The largest absolute Gasteiger partial charge is 0.453 e. The summed E-state index contributed by atoms with van der Waals surface area (Å²) in [5.41, 5.74) is 9.72. The highest BCUT2D eigenvalue weighted by Gasteiger charge is 2.39. The summed E-state index contributed by atoms with van der Waals surface area (Å²) >= 11 is 0. The van der Waals surface area contributed by atoms with Crippen LogP contribution < -0.4 is 10.6 Å². The van der Waals surface area contributed by atoms with Crippen molar-refractivity contribution in [2.75, 3.05) is 20.2 Å². The van der Waals surface area contributed by atoms with E-state index >= 15 is 0 Å². The first kappa shape index (κ1) is 39.4. The topological polar surface area (TPSA) is 133 Å². The molecule has 55 heavy (non-hydrogen) atoms. The van der Waals surface area contributed by atoms with E-state index < -0.39 is 18.2 Å². The molecule has 2 N–H and O–H groups in total. The number of benzene rings is 2. The third-order valence-electron chi connectivity index (χ3n) is 11.1. The fourth-order valence-corrected chi connectivity index (χ4v) is 7.96. The molecule has 1 saturated heterocycles. The molecule has 290 valence electrons. The van der Waals surface area contributed by atoms with Crippen molar-refractivity contribution in [1.29, 1.82) is 0 Å². The van der Waals surface area contributed by atoms with Crippen molar-refractivity contribution >= 4 is 46.4 Å². The van der Waals surface area contributed by atoms with Crippen molar-refractivity contribution < 1.29 is 23.9 Å². The number of nitrogens with one attached hydrogen (secondary N) is 2. The Morgan fingerprint density at radius 3 is 1.80 bits per heavy atom. The van der Waals surface area contributed by atoms with E-state index in [-0.39, 0.29) is 41.6 Å². The molecule has 1 fully saturated rings. The van der Waals surface area contributed by atoms with Gasteiger partial charge in [0.05, 0.1) is 19.2 Å². The second kappa shape index (κ2) is 17.0. The lowest BCUT2D eigenvalue weighted by Crippen LogP contribution is -2.54. The zero-order chi connectivity index (χ0) is 39.4. The maximum Gasteiger partial charge on any atom is 0.407 e. The lowest BCUT2D eigenvalue weighted by Gasteiger charge is -2.31. The molecule has 0 spiro atoms. The van der Waals surface area contributed by atoms with Crippen LogP contribution in [0.5, 0.6) is 0 Å². The Balaban J connectivity index is 1.06. The molecule has 0 bridgehead atoms. The van der Waals surface area contributed by atoms with Crippen LogP contribution in [0.25, 0.3) is 22.3 Å². The van der Waals surface area contributed by atoms with Gasteiger partial charge in [0.25, 0.3) is 0 Å². The first-order valence-corrected chi connectivity index (χ1v) is 19.5. The molecule has 0 radical (unpaired) electrons. The summed E-state index contributed by atoms with van der Waals surface area (Å²) in [7, 11) is 1.30. The number of ether oxygens (including phenoxy) is 1. The SMILES string of the molecule is CCC1=C[C@@H](C2=NC=C(c3ccc(-c4ccc(C5=CN=C([C@@H]6CCCN6C(=O)C(NC(C)=O)C(C)C)C5)cc4)cc3)C2)N(C(=O)[C@@H](NC(=O)OC)C(C)C)C1. The summed E-state index contributed by atoms with van der Waals surface area (Å²) in [5.74, 6) is -0.479. The van der Waals surface area contributed by atoms with Gasteiger partial charge in [-0.05, 0) is 64.5 Å². The first-order valence-electron chi connectivity index (χ1n) is 19.5. The van der Waals surface area contributed by atoms with Crippen LogP contribution in [0.3, 0.4) is 0 Å². The van der Waals surface area contributed by atoms with Gasteiger partial charge in [-0.15, -0.1) is 0 Å². The molecule has 2 aromatic carbocycles. The number of carbonyl (C=O) groups is 4. The highest BCUT2D eigenvalue weighted by molar-refractivity contribution is 6.06. The molecule has 4 aliphatic heterocycles. The number of hydrogen-bond acceptors (Lipinski definition) is 7. The van der Waals surface area contributed by atoms with Gasteiger partial charge in [0, 0.05) is 56.7 Å². The zero-order valence-corrected chi connectivity index (χ0v) is 33.1. The van der Waals surface area contributed by atoms with Gasteiger partial charge in [-0.25, -0.2) is 4.79 Å². The Bertz CT molecular complexity index is 1960. The van der Waals surface area contributed by atoms with Crippen molar-refractivity contribution in [3.8, 4) is 11.1 Å². The van der Waals surface area contributed by atoms with Gasteiger partial charge in [0.1, 0.15) is 12.1 Å². The average molecular weight is 747 g/mol. The molecule has 6 rings (SSSR count). The molecule has 0 saturated carbocycles. The minimum atomic E-state index is -0.697. The molecule has 4 heterocycles. The average Bonchev–Trinajstić information content (AvgIpc) is 4.01. The smallest absolute Gasteiger partial charge is 0.407 e. The van der Waals surface area contributed by atoms with Crippen LogP contribution in [0, 0.1) is 11.8 Å². The van der Waals surface area contributed by atoms with Gasteiger partial charge in [-0.3, -0.25) is 24.4 Å². The number of carbonyl (C=O) groups excluding carboxylic acids is 4. The second-order valence-corrected chi connectivity index (χ2v) is 15.6. The molecular weight excluding hydrogens is 693 g/mol. The van der Waals surface area contributed by atoms with Crippen LogP contribution in [0.15, 0.2) is 82.6 Å². The standard InChI is InChI=1S/C44H54N6O5/c1-8-29-20-39(50(25-29)43(53)41(27(4)5)48-44(54)55-7)37-22-35(24-46-37)33-17-13-31(14-18-33)30-11-15-32(16-12-30)34-21-36(45-23-34)38-10-9-19-49(38)42(52)40(26(2)3)47-28(6)51/h11-18,20,23-24,26-27,38-41H,8-10,19,21-22,25H2,1-7H3,(H,47,51)(H,48,54)/t38-,39-,40?,41-/m0/s1. The number of likely N-dealkylation sites (tertiary alicyclic amines) is 1. The number of methoxy groups -OCH3 is 1. The fourth-order valence-electron chi connectivity index (χ4n) is 7.96. The summed E-state index contributed by atoms with van der Waals surface area (Å²) in [5, 5.41) is 5.58. The molecule has 0 aliphatic carbocycles. The molecule has 1 unspecified atom stereocenters. The Kier molecular flexibility index (Phi) is 12.2. The maximum absolute atomic E-state index is 13.8. The quantitative estimate of drug-likeness (QED) is 0.231. The predicted molar refractivity (Wildman–Crippen MR) is 217 cm³/mol. The maximum atomic E-state index is 13.8. The van der Waals surface area contributed by atoms with E-state index in [9.17, 15) is 19.2 Å². The highest BCUT2D eigenvalue weighted by atomic mass is 16.5. The summed E-state index contributed by atoms with van der Waals surface area (Å²) in [6.07, 6.45) is 9.32. The predicted octanol–water partition coefficient (Wildman–Crippen LogP) is 6.80. The number of nitrogens with zero attached hydrogens (tertiary/aromatic N) is 4. The Labute approximate surface area is 324 Å². The zero-order valence-electron chi connectivity index (χ0n) is 33.1. The van der Waals surface area contributed by atoms with Crippen LogP contribution in [0.2, 0.25) is 0 Å². The normalized spacial score (nSPS) is 20.5. The van der Waals surface area contributed by atoms with Gasteiger partial charge in [-0.1, -0.05) is 94.8 Å². The molecular formula is C44H54N6O5. The number of alkyl carbamates (subject to hydrolysis) is 1. The fraction of sp³-hybridized carbons (Fsp3) is 0.455. The number of allylic oxidation sites excluding steroid dienone is 2. The summed E-state index contributed by atoms with van der Waals surface area (Å²) in [6.45, 7) is 12.5. The minimum absolute atomic E-state index is 0.00507. The van der Waals surface area contributed by atoms with Gasteiger partial charge in [-0.2, -0.15) is 0 Å². The van der Waals surface area contributed by atoms with Crippen LogP contribution in [0.4, 0.5) is 4.79 Å². The Morgan fingerprint density at radius 2 is 1.27 bits per heavy atom. The molecule has 4 atom stereocenters. The van der Waals surface area contributed by atoms with E-state index in [0.29, 0.717) is 25.9 Å².